The minimum Gasteiger partial charge on any atom is -0.493 e. The molecule has 2 aromatic carbocycles. The summed E-state index contributed by atoms with van der Waals surface area (Å²) < 4.78 is 10.7. The number of halogens is 3. The second-order valence-corrected chi connectivity index (χ2v) is 8.22. The van der Waals surface area contributed by atoms with E-state index < -0.39 is 0 Å². The molecule has 4 rings (SSSR count). The van der Waals surface area contributed by atoms with Crippen LogP contribution in [0.2, 0.25) is 5.02 Å². The molecule has 0 unspecified atom stereocenters. The molecule has 0 radical (unpaired) electrons. The third kappa shape index (κ3) is 6.32. The zero-order valence-electron chi connectivity index (χ0n) is 18.3. The van der Waals surface area contributed by atoms with Crippen molar-refractivity contribution in [3.8, 4) is 11.5 Å². The van der Waals surface area contributed by atoms with Gasteiger partial charge >= 0.3 is 0 Å². The van der Waals surface area contributed by atoms with Crippen molar-refractivity contribution in [1.29, 1.82) is 0 Å². The first kappa shape index (κ1) is 26.3. The second kappa shape index (κ2) is 12.4. The van der Waals surface area contributed by atoms with Crippen molar-refractivity contribution >= 4 is 53.0 Å². The predicted molar refractivity (Wildman–Crippen MR) is 137 cm³/mol. The number of anilines is 1. The smallest absolute Gasteiger partial charge is 0.161 e. The molecular weight excluding hydrogens is 469 g/mol. The number of ether oxygens (including phenoxy) is 2. The van der Waals surface area contributed by atoms with E-state index in [9.17, 15) is 0 Å². The average Bonchev–Trinajstić information content (AvgIpc) is 2.78. The van der Waals surface area contributed by atoms with E-state index in [4.69, 9.17) is 21.1 Å². The summed E-state index contributed by atoms with van der Waals surface area (Å²) in [6.07, 6.45) is 6.43. The van der Waals surface area contributed by atoms with Gasteiger partial charge in [0.05, 0.1) is 19.7 Å². The zero-order chi connectivity index (χ0) is 20.9. The van der Waals surface area contributed by atoms with Crippen LogP contribution in [0.25, 0.3) is 10.9 Å². The highest BCUT2D eigenvalue weighted by Crippen LogP contribution is 2.29. The molecule has 8 heteroatoms. The molecule has 0 spiro atoms. The Bertz CT molecular complexity index is 1010. The van der Waals surface area contributed by atoms with Gasteiger partial charge in [0.15, 0.2) is 11.5 Å². The summed E-state index contributed by atoms with van der Waals surface area (Å²) in [6.45, 7) is 0.832. The monoisotopic (exact) mass is 497 g/mol. The summed E-state index contributed by atoms with van der Waals surface area (Å²) in [6, 6.07) is 15.0. The van der Waals surface area contributed by atoms with E-state index in [2.05, 4.69) is 27.8 Å². The molecule has 1 aliphatic rings. The number of pyridine rings is 1. The highest BCUT2D eigenvalue weighted by atomic mass is 35.5. The van der Waals surface area contributed by atoms with Crippen molar-refractivity contribution in [1.82, 2.24) is 10.3 Å². The molecule has 1 saturated carbocycles. The maximum absolute atomic E-state index is 6.10. The van der Waals surface area contributed by atoms with E-state index in [-0.39, 0.29) is 24.8 Å². The predicted octanol–water partition coefficient (Wildman–Crippen LogP) is 6.26. The van der Waals surface area contributed by atoms with Gasteiger partial charge in [-0.2, -0.15) is 0 Å². The van der Waals surface area contributed by atoms with Gasteiger partial charge in [0.25, 0.3) is 0 Å². The first-order valence-electron chi connectivity index (χ1n) is 10.4. The molecule has 1 aliphatic carbocycles. The number of methoxy groups -OCH3 is 2. The summed E-state index contributed by atoms with van der Waals surface area (Å²) in [5, 5.41) is 9.26. The molecule has 32 heavy (non-hydrogen) atoms. The number of hydrogen-bond donors (Lipinski definition) is 2. The van der Waals surface area contributed by atoms with Crippen molar-refractivity contribution in [2.24, 2.45) is 0 Å². The molecule has 0 atom stereocenters. The van der Waals surface area contributed by atoms with E-state index in [0.717, 1.165) is 60.3 Å². The Balaban J connectivity index is 0.00000181. The summed E-state index contributed by atoms with van der Waals surface area (Å²) >= 11 is 6.10. The van der Waals surface area contributed by atoms with Crippen LogP contribution in [-0.2, 0) is 6.54 Å². The maximum atomic E-state index is 6.10. The van der Waals surface area contributed by atoms with Crippen LogP contribution in [0.3, 0.4) is 0 Å². The Labute approximate surface area is 207 Å². The van der Waals surface area contributed by atoms with E-state index in [0.29, 0.717) is 17.1 Å². The van der Waals surface area contributed by atoms with E-state index >= 15 is 0 Å². The molecule has 1 aromatic heterocycles. The Hall–Kier alpha value is -1.92. The van der Waals surface area contributed by atoms with Crippen LogP contribution in [-0.4, -0.2) is 31.3 Å². The van der Waals surface area contributed by atoms with Crippen LogP contribution in [0, 0.1) is 0 Å². The Kier molecular flexibility index (Phi) is 10.2. The van der Waals surface area contributed by atoms with Crippen molar-refractivity contribution in [3.63, 3.8) is 0 Å². The molecule has 174 valence electrons. The molecule has 2 N–H and O–H groups in total. The fourth-order valence-electron chi connectivity index (χ4n) is 4.16. The highest BCUT2D eigenvalue weighted by Gasteiger charge is 2.21. The van der Waals surface area contributed by atoms with Crippen LogP contribution >= 0.6 is 36.4 Å². The van der Waals surface area contributed by atoms with Crippen LogP contribution in [0.5, 0.6) is 11.5 Å². The van der Waals surface area contributed by atoms with Gasteiger partial charge in [0, 0.05) is 40.9 Å². The molecule has 1 fully saturated rings. The standard InChI is InChI=1S/C24H28ClN3O2.2ClH/c1-29-23-10-3-16(13-24(23)30-2)15-27-18-5-7-19(8-6-18)28-21-11-12-26-22-14-17(25)4-9-20(21)22;;/h3-4,9-14,18-19,27H,5-8,15H2,1-2H3,(H,26,28);2*1H/t18-,19-;;. The Morgan fingerprint density at radius 1 is 0.906 bits per heavy atom. The zero-order valence-corrected chi connectivity index (χ0v) is 20.7. The molecule has 3 aromatic rings. The van der Waals surface area contributed by atoms with Gasteiger partial charge in [0.2, 0.25) is 0 Å². The van der Waals surface area contributed by atoms with Gasteiger partial charge in [-0.15, -0.1) is 24.8 Å². The lowest BCUT2D eigenvalue weighted by molar-refractivity contribution is 0.348. The van der Waals surface area contributed by atoms with Gasteiger partial charge < -0.3 is 20.1 Å². The first-order chi connectivity index (χ1) is 14.7. The lowest BCUT2D eigenvalue weighted by Gasteiger charge is -2.30. The molecule has 0 aliphatic heterocycles. The lowest BCUT2D eigenvalue weighted by atomic mass is 9.90. The van der Waals surface area contributed by atoms with Crippen molar-refractivity contribution < 1.29 is 9.47 Å². The summed E-state index contributed by atoms with van der Waals surface area (Å²) in [5.41, 5.74) is 3.27. The largest absolute Gasteiger partial charge is 0.493 e. The quantitative estimate of drug-likeness (QED) is 0.402. The maximum Gasteiger partial charge on any atom is 0.161 e. The molecular formula is C24H30Cl3N3O2. The third-order valence-corrected chi connectivity index (χ3v) is 6.07. The normalized spacial score (nSPS) is 17.7. The molecule has 0 saturated heterocycles. The Morgan fingerprint density at radius 2 is 1.62 bits per heavy atom. The van der Waals surface area contributed by atoms with Crippen molar-refractivity contribution in [2.45, 2.75) is 44.3 Å². The molecule has 0 bridgehead atoms. The fourth-order valence-corrected chi connectivity index (χ4v) is 4.33. The van der Waals surface area contributed by atoms with Gasteiger partial charge in [-0.3, -0.25) is 4.98 Å². The highest BCUT2D eigenvalue weighted by molar-refractivity contribution is 6.31. The van der Waals surface area contributed by atoms with Crippen molar-refractivity contribution in [3.05, 3.63) is 59.2 Å². The summed E-state index contributed by atoms with van der Waals surface area (Å²) in [5.74, 6) is 1.54. The lowest BCUT2D eigenvalue weighted by Crippen LogP contribution is -2.36. The number of nitrogens with one attached hydrogen (secondary N) is 2. The third-order valence-electron chi connectivity index (χ3n) is 5.83. The number of aromatic nitrogens is 1. The van der Waals surface area contributed by atoms with Crippen molar-refractivity contribution in [2.75, 3.05) is 19.5 Å². The average molecular weight is 499 g/mol. The van der Waals surface area contributed by atoms with E-state index in [1.165, 1.54) is 5.56 Å². The van der Waals surface area contributed by atoms with Gasteiger partial charge in [0.1, 0.15) is 0 Å². The van der Waals surface area contributed by atoms with Crippen LogP contribution in [0.4, 0.5) is 5.69 Å². The summed E-state index contributed by atoms with van der Waals surface area (Å²) in [7, 11) is 3.33. The summed E-state index contributed by atoms with van der Waals surface area (Å²) in [4.78, 5) is 4.43. The number of hydrogen-bond acceptors (Lipinski definition) is 5. The Morgan fingerprint density at radius 3 is 2.34 bits per heavy atom. The fraction of sp³-hybridized carbons (Fsp3) is 0.375. The molecule has 1 heterocycles. The van der Waals surface area contributed by atoms with Gasteiger partial charge in [-0.25, -0.2) is 0 Å². The van der Waals surface area contributed by atoms with Crippen LogP contribution in [0.1, 0.15) is 31.2 Å². The van der Waals surface area contributed by atoms with Crippen LogP contribution < -0.4 is 20.1 Å². The second-order valence-electron chi connectivity index (χ2n) is 7.78. The minimum absolute atomic E-state index is 0. The van der Waals surface area contributed by atoms with E-state index in [1.807, 2.05) is 36.5 Å². The van der Waals surface area contributed by atoms with Crippen LogP contribution in [0.15, 0.2) is 48.7 Å². The van der Waals surface area contributed by atoms with E-state index in [1.54, 1.807) is 14.2 Å². The number of benzene rings is 2. The van der Waals surface area contributed by atoms with Gasteiger partial charge in [-0.05, 0) is 67.6 Å². The minimum atomic E-state index is 0. The topological polar surface area (TPSA) is 55.4 Å². The number of rotatable bonds is 7. The SMILES string of the molecule is COc1ccc(CN[C@H]2CC[C@H](Nc3ccnc4cc(Cl)ccc34)CC2)cc1OC.Cl.Cl. The first-order valence-corrected chi connectivity index (χ1v) is 10.8. The molecule has 5 nitrogen and oxygen atoms in total. The molecule has 0 amide bonds. The number of fused-ring (bicyclic) bond motifs is 1. The van der Waals surface area contributed by atoms with Gasteiger partial charge in [-0.1, -0.05) is 17.7 Å². The number of nitrogens with zero attached hydrogens (tertiary/aromatic N) is 1.